The number of rotatable bonds is 20. The van der Waals surface area contributed by atoms with E-state index in [2.05, 4.69) is 40.1 Å². The number of unbranched alkanes of at least 4 members (excludes halogenated alkanes) is 5. The molecule has 8 aromatic carbocycles. The number of carbonyl (C=O) groups excluding carboxylic acids is 2. The lowest BCUT2D eigenvalue weighted by Gasteiger charge is -2.24. The Morgan fingerprint density at radius 2 is 0.818 bits per heavy atom. The van der Waals surface area contributed by atoms with Gasteiger partial charge in [0.1, 0.15) is 0 Å². The largest absolute Gasteiger partial charge is 0.385 e. The molecule has 21 nitrogen and oxygen atoms in total. The van der Waals surface area contributed by atoms with Gasteiger partial charge in [-0.3, -0.25) is 17.2 Å². The summed E-state index contributed by atoms with van der Waals surface area (Å²) in [5.74, 6) is 0.466. The van der Waals surface area contributed by atoms with E-state index in [1.165, 1.54) is 62.2 Å². The fourth-order valence-corrected chi connectivity index (χ4v) is 21.7. The monoisotopic (exact) mass is 1600 g/mol. The molecule has 6 atom stereocenters. The number of anilines is 4. The van der Waals surface area contributed by atoms with Crippen molar-refractivity contribution in [1.82, 2.24) is 26.2 Å². The molecule has 26 heteroatoms. The molecule has 110 heavy (non-hydrogen) atoms. The van der Waals surface area contributed by atoms with Crippen molar-refractivity contribution >= 4 is 80.6 Å². The summed E-state index contributed by atoms with van der Waals surface area (Å²) in [4.78, 5) is 20.1. The number of aryl methyl sites for hydroxylation is 3. The number of nitrogens with one attached hydrogen (secondary N) is 4. The lowest BCUT2D eigenvalue weighted by atomic mass is 9.95. The Hall–Kier alpha value is -7.85. The topological polar surface area (TPSA) is 253 Å². The number of nitrogens with zero attached hydrogens (tertiary/aromatic N) is 5. The van der Waals surface area contributed by atoms with Crippen molar-refractivity contribution in [2.75, 3.05) is 112 Å². The standard InChI is InChI=1S/C23H32N2O2S.C21H26ClN3O2S.C20H24N2O3S.C19H24N2O3S.CO2/c1-4-5-6-7-8-11-16-24-23-19-12-9-10-13-21(19)25(3)28(26,27)22-17-18(2)14-15-20(22)23;1-24-13-5-6-16(24)11-12-23-21-17-7-3-4-8-19(17)25(2)28(26,27)20-14-15(22)9-10-18(20)21;1-14-7-8-17-19(11-14)26(23,24)22(2)18-6-4-3-5-16(18)20(17)21-12-15-9-10-25-13-15;1-14-9-10-16-18(13-14)25(22,23)21(2)17-8-5-4-7-15(17)19(16)20-11-6-12-24-3;2-1-3/h9-10,12-15,17,23-24H,4-8,11,16H2,1-3H3;3-4,7-10,14,16,21,23H,5-6,11-13H2,1-2H3;3-8,11,15,20-21H,9-10,12-13H2,1-2H3;4-5,7-10,13,19-20H,6,11-12H2,1-3H3;. The second-order valence-corrected chi connectivity index (χ2v) is 37.1. The van der Waals surface area contributed by atoms with Crippen LogP contribution in [0.2, 0.25) is 5.02 Å². The summed E-state index contributed by atoms with van der Waals surface area (Å²) in [6.45, 7) is 14.6. The fourth-order valence-electron chi connectivity index (χ4n) is 15.4. The van der Waals surface area contributed by atoms with Crippen molar-refractivity contribution in [3.8, 4) is 0 Å². The second-order valence-electron chi connectivity index (χ2n) is 28.9. The number of ether oxygens (including phenoxy) is 2. The highest BCUT2D eigenvalue weighted by Crippen LogP contribution is 2.45. The van der Waals surface area contributed by atoms with Crippen LogP contribution in [0, 0.1) is 26.7 Å². The van der Waals surface area contributed by atoms with Crippen molar-refractivity contribution < 1.29 is 52.7 Å². The minimum absolute atomic E-state index is 0.123. The molecule has 0 amide bonds. The lowest BCUT2D eigenvalue weighted by molar-refractivity contribution is -0.191. The van der Waals surface area contributed by atoms with Crippen LogP contribution in [0.25, 0.3) is 0 Å². The molecule has 590 valence electrons. The SMILES string of the molecule is CCCCCCCCNC1c2ccccc2N(C)S(=O)(=O)c2cc(C)ccc21.CN1CCCC1CCNC1c2ccccc2N(C)S(=O)(=O)c2cc(Cl)ccc21.COCCCNC1c2ccccc2N(C)S(=O)(=O)c2cc(C)ccc21.Cc1ccc2c(c1)S(=O)(=O)N(C)c1ccccc1C2NCC1CCOC1.O=C=O. The highest BCUT2D eigenvalue weighted by molar-refractivity contribution is 7.93. The number of fused-ring (bicyclic) bond motifs is 8. The first-order valence-corrected chi connectivity index (χ1v) is 44.0. The van der Waals surface area contributed by atoms with Gasteiger partial charge in [0, 0.05) is 66.1 Å². The molecule has 2 fully saturated rings. The summed E-state index contributed by atoms with van der Waals surface area (Å²) in [6, 6.07) is 53.1. The zero-order valence-electron chi connectivity index (χ0n) is 64.7. The third-order valence-electron chi connectivity index (χ3n) is 21.5. The van der Waals surface area contributed by atoms with Gasteiger partial charge in [0.25, 0.3) is 40.1 Å². The molecular formula is C84H106ClN9O12S4. The summed E-state index contributed by atoms with van der Waals surface area (Å²) in [5.41, 5.74) is 12.8. The van der Waals surface area contributed by atoms with Crippen LogP contribution in [0.1, 0.15) is 163 Å². The van der Waals surface area contributed by atoms with Gasteiger partial charge in [0.15, 0.2) is 0 Å². The average Bonchev–Trinajstić information content (AvgIpc) is 1.64. The summed E-state index contributed by atoms with van der Waals surface area (Å²) in [6.07, 6.45) is 13.1. The first kappa shape index (κ1) is 84.6. The molecule has 0 radical (unpaired) electrons. The van der Waals surface area contributed by atoms with E-state index in [4.69, 9.17) is 30.7 Å². The molecule has 6 heterocycles. The molecule has 0 saturated carbocycles. The van der Waals surface area contributed by atoms with E-state index in [1.54, 1.807) is 65.6 Å². The molecule has 0 aliphatic carbocycles. The van der Waals surface area contributed by atoms with E-state index in [1.807, 2.05) is 160 Å². The van der Waals surface area contributed by atoms with E-state index in [9.17, 15) is 33.7 Å². The zero-order chi connectivity index (χ0) is 79.1. The molecule has 14 rings (SSSR count). The lowest BCUT2D eigenvalue weighted by Crippen LogP contribution is -2.31. The highest BCUT2D eigenvalue weighted by atomic mass is 35.5. The Kier molecular flexibility index (Phi) is 29.3. The minimum atomic E-state index is -3.67. The molecular weight excluding hydrogens is 1490 g/mol. The Balaban J connectivity index is 0.000000154. The van der Waals surface area contributed by atoms with Crippen LogP contribution in [-0.2, 0) is 59.2 Å². The maximum atomic E-state index is 13.3. The van der Waals surface area contributed by atoms with Crippen molar-refractivity contribution in [1.29, 1.82) is 0 Å². The van der Waals surface area contributed by atoms with Gasteiger partial charge < -0.3 is 35.6 Å². The molecule has 6 aliphatic rings. The van der Waals surface area contributed by atoms with Gasteiger partial charge in [-0.2, -0.15) is 9.59 Å². The molecule has 6 aliphatic heterocycles. The van der Waals surface area contributed by atoms with Gasteiger partial charge in [-0.15, -0.1) is 0 Å². The number of hydrogen-bond donors (Lipinski definition) is 4. The molecule has 2 saturated heterocycles. The number of halogens is 1. The number of likely N-dealkylation sites (tertiary alicyclic amines) is 1. The van der Waals surface area contributed by atoms with E-state index in [-0.39, 0.29) is 35.2 Å². The van der Waals surface area contributed by atoms with Crippen LogP contribution in [0.5, 0.6) is 0 Å². The van der Waals surface area contributed by atoms with E-state index < -0.39 is 40.1 Å². The number of sulfonamides is 4. The third-order valence-corrected chi connectivity index (χ3v) is 29.1. The maximum absolute atomic E-state index is 13.3. The van der Waals surface area contributed by atoms with Crippen molar-refractivity contribution in [2.45, 2.75) is 148 Å². The average molecular weight is 1600 g/mol. The molecule has 6 unspecified atom stereocenters. The van der Waals surface area contributed by atoms with Gasteiger partial charge in [0.05, 0.1) is 73.1 Å². The number of hydrogen-bond acceptors (Lipinski definition) is 17. The van der Waals surface area contributed by atoms with Crippen LogP contribution in [0.4, 0.5) is 22.7 Å². The Labute approximate surface area is 657 Å². The number of methoxy groups -OCH3 is 1. The van der Waals surface area contributed by atoms with Gasteiger partial charge in [-0.05, 0) is 214 Å². The predicted molar refractivity (Wildman–Crippen MR) is 437 cm³/mol. The zero-order valence-corrected chi connectivity index (χ0v) is 68.7. The van der Waals surface area contributed by atoms with Crippen molar-refractivity contribution in [2.24, 2.45) is 5.92 Å². The molecule has 0 aromatic heterocycles. The number of para-hydroxylation sites is 4. The highest BCUT2D eigenvalue weighted by Gasteiger charge is 2.40. The van der Waals surface area contributed by atoms with Gasteiger partial charge in [0.2, 0.25) is 0 Å². The van der Waals surface area contributed by atoms with Crippen LogP contribution < -0.4 is 38.5 Å². The molecule has 8 aromatic rings. The van der Waals surface area contributed by atoms with E-state index in [0.29, 0.717) is 49.7 Å². The van der Waals surface area contributed by atoms with E-state index in [0.717, 1.165) is 144 Å². The summed E-state index contributed by atoms with van der Waals surface area (Å²) in [7, 11) is -4.08. The van der Waals surface area contributed by atoms with Gasteiger partial charge >= 0.3 is 6.15 Å². The number of benzene rings is 8. The van der Waals surface area contributed by atoms with Gasteiger partial charge in [-0.1, -0.05) is 166 Å². The van der Waals surface area contributed by atoms with Crippen LogP contribution in [-0.4, -0.2) is 146 Å². The molecule has 4 N–H and O–H groups in total. The maximum Gasteiger partial charge on any atom is 0.373 e. The summed E-state index contributed by atoms with van der Waals surface area (Å²) < 4.78 is 122. The second kappa shape index (κ2) is 38.1. The predicted octanol–water partition coefficient (Wildman–Crippen LogP) is 13.9. The van der Waals surface area contributed by atoms with Crippen LogP contribution in [0.15, 0.2) is 189 Å². The first-order chi connectivity index (χ1) is 52.7. The fraction of sp³-hybridized carbons (Fsp3) is 0.417. The quantitative estimate of drug-likeness (QED) is 0.0517. The van der Waals surface area contributed by atoms with Crippen molar-refractivity contribution in [3.63, 3.8) is 0 Å². The summed E-state index contributed by atoms with van der Waals surface area (Å²) in [5, 5.41) is 14.9. The summed E-state index contributed by atoms with van der Waals surface area (Å²) >= 11 is 6.16. The third kappa shape index (κ3) is 19.1. The van der Waals surface area contributed by atoms with E-state index >= 15 is 0 Å². The van der Waals surface area contributed by atoms with Crippen LogP contribution in [0.3, 0.4) is 0 Å². The van der Waals surface area contributed by atoms with Crippen LogP contribution >= 0.6 is 11.6 Å². The smallest absolute Gasteiger partial charge is 0.373 e. The normalized spacial score (nSPS) is 20.5. The minimum Gasteiger partial charge on any atom is -0.385 e. The Bertz CT molecular complexity index is 5000. The Morgan fingerprint density at radius 3 is 1.20 bits per heavy atom. The molecule has 0 bridgehead atoms. The molecule has 0 spiro atoms. The van der Waals surface area contributed by atoms with Crippen molar-refractivity contribution in [3.05, 3.63) is 236 Å². The Morgan fingerprint density at radius 1 is 0.455 bits per heavy atom. The first-order valence-electron chi connectivity index (χ1n) is 37.8. The van der Waals surface area contributed by atoms with Gasteiger partial charge in [-0.25, -0.2) is 33.7 Å².